The second-order valence-electron chi connectivity index (χ2n) is 4.85. The molecule has 1 aliphatic rings. The number of nitrogens with one attached hydrogen (secondary N) is 2. The van der Waals surface area contributed by atoms with Crippen molar-refractivity contribution in [3.8, 4) is 0 Å². The molecule has 1 aliphatic carbocycles. The van der Waals surface area contributed by atoms with Gasteiger partial charge in [0.05, 0.1) is 0 Å². The molecule has 0 unspecified atom stereocenters. The molecule has 1 aromatic heterocycles. The lowest BCUT2D eigenvalue weighted by Gasteiger charge is -2.30. The lowest BCUT2D eigenvalue weighted by atomic mass is 9.96. The number of hydrogen-bond donors (Lipinski definition) is 2. The van der Waals surface area contributed by atoms with E-state index in [0.29, 0.717) is 6.54 Å². The van der Waals surface area contributed by atoms with Crippen molar-refractivity contribution < 1.29 is 8.42 Å². The van der Waals surface area contributed by atoms with Crippen LogP contribution in [0.4, 0.5) is 0 Å². The fourth-order valence-electron chi connectivity index (χ4n) is 2.39. The monoisotopic (exact) mass is 271 g/mol. The molecule has 0 spiro atoms. The summed E-state index contributed by atoms with van der Waals surface area (Å²) in [6.45, 7) is 0.336. The summed E-state index contributed by atoms with van der Waals surface area (Å²) in [5.41, 5.74) is 0.940. The van der Waals surface area contributed by atoms with Gasteiger partial charge in [-0.3, -0.25) is 0 Å². The number of H-pyrrole nitrogens is 1. The molecule has 1 saturated carbocycles. The minimum absolute atomic E-state index is 0.155. The molecule has 18 heavy (non-hydrogen) atoms. The highest BCUT2D eigenvalue weighted by Crippen LogP contribution is 2.23. The van der Waals surface area contributed by atoms with Crippen LogP contribution in [0.25, 0.3) is 0 Å². The molecule has 0 amide bonds. The van der Waals surface area contributed by atoms with Gasteiger partial charge in [0.2, 0.25) is 0 Å². The van der Waals surface area contributed by atoms with Gasteiger partial charge in [-0.15, -0.1) is 0 Å². The molecule has 2 N–H and O–H groups in total. The first kappa shape index (κ1) is 13.6. The van der Waals surface area contributed by atoms with Crippen LogP contribution in [0, 0.1) is 0 Å². The Kier molecular flexibility index (Phi) is 4.42. The second-order valence-corrected chi connectivity index (χ2v) is 6.67. The molecule has 0 aromatic carbocycles. The van der Waals surface area contributed by atoms with Gasteiger partial charge in [-0.2, -0.15) is 17.4 Å². The fourth-order valence-corrected chi connectivity index (χ4v) is 3.54. The molecule has 0 saturated heterocycles. The Morgan fingerprint density at radius 2 is 2.11 bits per heavy atom. The van der Waals surface area contributed by atoms with Crippen LogP contribution >= 0.6 is 0 Å². The highest BCUT2D eigenvalue weighted by Gasteiger charge is 2.27. The van der Waals surface area contributed by atoms with E-state index in [1.54, 1.807) is 19.4 Å². The lowest BCUT2D eigenvalue weighted by Crippen LogP contribution is -2.44. The van der Waals surface area contributed by atoms with Crippen LogP contribution in [0.2, 0.25) is 0 Å². The summed E-state index contributed by atoms with van der Waals surface area (Å²) in [6, 6.07) is 2.02. The zero-order valence-electron chi connectivity index (χ0n) is 10.7. The van der Waals surface area contributed by atoms with Crippen molar-refractivity contribution in [1.82, 2.24) is 14.0 Å². The molecule has 0 radical (unpaired) electrons. The van der Waals surface area contributed by atoms with Crippen molar-refractivity contribution in [1.29, 1.82) is 0 Å². The molecule has 6 heteroatoms. The highest BCUT2D eigenvalue weighted by atomic mass is 32.2. The minimum atomic E-state index is -3.37. The molecule has 102 valence electrons. The predicted molar refractivity (Wildman–Crippen MR) is 71.2 cm³/mol. The van der Waals surface area contributed by atoms with Gasteiger partial charge in [-0.25, -0.2) is 0 Å². The molecular weight excluding hydrogens is 250 g/mol. The summed E-state index contributed by atoms with van der Waals surface area (Å²) < 4.78 is 28.4. The van der Waals surface area contributed by atoms with Crippen LogP contribution in [-0.2, 0) is 16.8 Å². The van der Waals surface area contributed by atoms with Gasteiger partial charge >= 0.3 is 0 Å². The van der Waals surface area contributed by atoms with E-state index in [2.05, 4.69) is 9.71 Å². The Morgan fingerprint density at radius 1 is 1.39 bits per heavy atom. The molecule has 0 bridgehead atoms. The average Bonchev–Trinajstić information content (AvgIpc) is 2.90. The third-order valence-corrected chi connectivity index (χ3v) is 5.15. The van der Waals surface area contributed by atoms with E-state index in [4.69, 9.17) is 0 Å². The number of aromatic amines is 1. The molecule has 1 heterocycles. The predicted octanol–water partition coefficient (Wildman–Crippen LogP) is 1.61. The summed E-state index contributed by atoms with van der Waals surface area (Å²) in [6.07, 6.45) is 9.01. The Labute approximate surface area is 109 Å². The summed E-state index contributed by atoms with van der Waals surface area (Å²) in [5.74, 6) is 0. The first-order valence-electron chi connectivity index (χ1n) is 6.44. The molecule has 1 fully saturated rings. The van der Waals surface area contributed by atoms with E-state index >= 15 is 0 Å². The zero-order valence-corrected chi connectivity index (χ0v) is 11.5. The molecule has 5 nitrogen and oxygen atoms in total. The van der Waals surface area contributed by atoms with Gasteiger partial charge in [-0.1, -0.05) is 19.3 Å². The number of hydrogen-bond acceptors (Lipinski definition) is 2. The molecule has 2 rings (SSSR count). The van der Waals surface area contributed by atoms with Crippen LogP contribution in [0.1, 0.15) is 37.7 Å². The molecule has 0 aliphatic heterocycles. The Hall–Kier alpha value is -0.850. The van der Waals surface area contributed by atoms with E-state index in [1.165, 1.54) is 10.7 Å². The average molecular weight is 271 g/mol. The van der Waals surface area contributed by atoms with Crippen LogP contribution in [-0.4, -0.2) is 30.8 Å². The quantitative estimate of drug-likeness (QED) is 0.854. The van der Waals surface area contributed by atoms with Crippen LogP contribution < -0.4 is 4.72 Å². The number of aromatic nitrogens is 1. The minimum Gasteiger partial charge on any atom is -0.367 e. The smallest absolute Gasteiger partial charge is 0.279 e. The maximum atomic E-state index is 12.1. The van der Waals surface area contributed by atoms with E-state index in [1.807, 2.05) is 6.07 Å². The fraction of sp³-hybridized carbons (Fsp3) is 0.667. The number of nitrogens with zero attached hydrogens (tertiary/aromatic N) is 1. The van der Waals surface area contributed by atoms with Crippen LogP contribution in [0.5, 0.6) is 0 Å². The second kappa shape index (κ2) is 5.86. The third kappa shape index (κ3) is 3.34. The van der Waals surface area contributed by atoms with Crippen molar-refractivity contribution in [2.24, 2.45) is 0 Å². The molecule has 0 atom stereocenters. The van der Waals surface area contributed by atoms with Gasteiger partial charge in [0.25, 0.3) is 10.2 Å². The van der Waals surface area contributed by atoms with Crippen molar-refractivity contribution in [2.45, 2.75) is 44.7 Å². The van der Waals surface area contributed by atoms with E-state index in [0.717, 1.165) is 31.2 Å². The van der Waals surface area contributed by atoms with Gasteiger partial charge in [-0.05, 0) is 24.5 Å². The summed E-state index contributed by atoms with van der Waals surface area (Å²) in [7, 11) is -1.69. The first-order valence-corrected chi connectivity index (χ1v) is 7.88. The van der Waals surface area contributed by atoms with E-state index in [-0.39, 0.29) is 6.04 Å². The Balaban J connectivity index is 1.92. The lowest BCUT2D eigenvalue weighted by molar-refractivity contribution is 0.283. The van der Waals surface area contributed by atoms with Gasteiger partial charge < -0.3 is 4.98 Å². The summed E-state index contributed by atoms with van der Waals surface area (Å²) in [4.78, 5) is 2.91. The highest BCUT2D eigenvalue weighted by molar-refractivity contribution is 7.87. The maximum Gasteiger partial charge on any atom is 0.279 e. The van der Waals surface area contributed by atoms with E-state index in [9.17, 15) is 8.42 Å². The summed E-state index contributed by atoms with van der Waals surface area (Å²) >= 11 is 0. The Bertz CT molecular complexity index is 450. The van der Waals surface area contributed by atoms with E-state index < -0.39 is 10.2 Å². The standard InChI is InChI=1S/C12H21N3O2S/c1-15(12-5-3-2-4-6-12)18(16,17)14-10-11-7-8-13-9-11/h7-9,12-14H,2-6,10H2,1H3. The number of rotatable bonds is 5. The summed E-state index contributed by atoms with van der Waals surface area (Å²) in [5, 5.41) is 0. The topological polar surface area (TPSA) is 65.2 Å². The molecule has 1 aromatic rings. The van der Waals surface area contributed by atoms with Crippen molar-refractivity contribution >= 4 is 10.2 Å². The van der Waals surface area contributed by atoms with Crippen molar-refractivity contribution in [2.75, 3.05) is 7.05 Å². The van der Waals surface area contributed by atoms with Crippen LogP contribution in [0.15, 0.2) is 18.5 Å². The third-order valence-electron chi connectivity index (χ3n) is 3.59. The molecular formula is C12H21N3O2S. The first-order chi connectivity index (χ1) is 8.59. The van der Waals surface area contributed by atoms with Gasteiger partial charge in [0.15, 0.2) is 0 Å². The van der Waals surface area contributed by atoms with Crippen molar-refractivity contribution in [3.05, 3.63) is 24.0 Å². The largest absolute Gasteiger partial charge is 0.367 e. The zero-order chi connectivity index (χ0) is 13.0. The maximum absolute atomic E-state index is 12.1. The van der Waals surface area contributed by atoms with Gasteiger partial charge in [0.1, 0.15) is 0 Å². The Morgan fingerprint density at radius 3 is 2.72 bits per heavy atom. The van der Waals surface area contributed by atoms with Crippen LogP contribution in [0.3, 0.4) is 0 Å². The van der Waals surface area contributed by atoms with Gasteiger partial charge in [0, 0.05) is 32.0 Å². The normalized spacial score (nSPS) is 18.3. The van der Waals surface area contributed by atoms with Crippen molar-refractivity contribution in [3.63, 3.8) is 0 Å². The SMILES string of the molecule is CN(C1CCCCC1)S(=O)(=O)NCc1cc[nH]c1.